The maximum absolute atomic E-state index is 5.68. The van der Waals surface area contributed by atoms with Crippen LogP contribution in [0.25, 0.3) is 5.69 Å². The van der Waals surface area contributed by atoms with E-state index in [1.807, 2.05) is 53.5 Å². The van der Waals surface area contributed by atoms with Crippen molar-refractivity contribution in [2.24, 2.45) is 0 Å². The van der Waals surface area contributed by atoms with Crippen LogP contribution in [0, 0.1) is 0 Å². The second-order valence-corrected chi connectivity index (χ2v) is 4.81. The van der Waals surface area contributed by atoms with Gasteiger partial charge < -0.3 is 0 Å². The van der Waals surface area contributed by atoms with Crippen molar-refractivity contribution >= 4 is 11.6 Å². The molecule has 0 bridgehead atoms. The van der Waals surface area contributed by atoms with Crippen molar-refractivity contribution in [1.82, 2.24) is 24.8 Å². The van der Waals surface area contributed by atoms with Crippen LogP contribution in [0.1, 0.15) is 11.4 Å². The first-order valence-electron chi connectivity index (χ1n) is 6.40. The van der Waals surface area contributed by atoms with Crippen LogP contribution in [-0.4, -0.2) is 30.7 Å². The second-order valence-electron chi connectivity index (χ2n) is 4.43. The molecule has 0 aliphatic carbocycles. The summed E-state index contributed by atoms with van der Waals surface area (Å²) in [5.41, 5.74) is 2.89. The number of nitrogens with zero attached hydrogens (tertiary/aromatic N) is 5. The van der Waals surface area contributed by atoms with E-state index in [2.05, 4.69) is 15.4 Å². The summed E-state index contributed by atoms with van der Waals surface area (Å²) >= 11 is 5.68. The number of aryl methyl sites for hydroxylation is 1. The highest BCUT2D eigenvalue weighted by Gasteiger charge is 2.04. The first-order valence-corrected chi connectivity index (χ1v) is 6.93. The summed E-state index contributed by atoms with van der Waals surface area (Å²) in [4.78, 5) is 0. The summed E-state index contributed by atoms with van der Waals surface area (Å²) in [5, 5.41) is 12.7. The molecule has 0 saturated heterocycles. The van der Waals surface area contributed by atoms with Gasteiger partial charge in [-0.15, -0.1) is 16.7 Å². The molecule has 0 amide bonds. The SMILES string of the molecule is ClCCc1cn(Cc2ccn(-c3ccccc3)n2)nn1. The van der Waals surface area contributed by atoms with E-state index in [0.29, 0.717) is 12.4 Å². The fraction of sp³-hybridized carbons (Fsp3) is 0.214. The molecule has 0 spiro atoms. The van der Waals surface area contributed by atoms with Gasteiger partial charge in [0, 0.05) is 24.7 Å². The van der Waals surface area contributed by atoms with Crippen molar-refractivity contribution < 1.29 is 0 Å². The fourth-order valence-corrected chi connectivity index (χ4v) is 2.16. The van der Waals surface area contributed by atoms with Gasteiger partial charge in [0.15, 0.2) is 0 Å². The Balaban J connectivity index is 1.73. The van der Waals surface area contributed by atoms with E-state index in [0.717, 1.165) is 23.5 Å². The topological polar surface area (TPSA) is 48.5 Å². The number of hydrogen-bond donors (Lipinski definition) is 0. The normalized spacial score (nSPS) is 10.8. The highest BCUT2D eigenvalue weighted by molar-refractivity contribution is 6.17. The summed E-state index contributed by atoms with van der Waals surface area (Å²) in [7, 11) is 0. The van der Waals surface area contributed by atoms with E-state index in [1.165, 1.54) is 0 Å². The van der Waals surface area contributed by atoms with Crippen LogP contribution in [-0.2, 0) is 13.0 Å². The summed E-state index contributed by atoms with van der Waals surface area (Å²) < 4.78 is 3.63. The first kappa shape index (κ1) is 12.9. The first-order chi connectivity index (χ1) is 9.85. The molecule has 0 radical (unpaired) electrons. The minimum absolute atomic E-state index is 0.557. The summed E-state index contributed by atoms with van der Waals surface area (Å²) in [6.45, 7) is 0.606. The molecule has 5 nitrogen and oxygen atoms in total. The molecule has 2 aromatic heterocycles. The van der Waals surface area contributed by atoms with Crippen LogP contribution in [0.3, 0.4) is 0 Å². The van der Waals surface area contributed by atoms with Crippen molar-refractivity contribution in [3.63, 3.8) is 0 Å². The van der Waals surface area contributed by atoms with Crippen molar-refractivity contribution in [2.45, 2.75) is 13.0 Å². The summed E-state index contributed by atoms with van der Waals surface area (Å²) in [5.74, 6) is 0.557. The number of halogens is 1. The molecule has 0 fully saturated rings. The maximum atomic E-state index is 5.68. The number of rotatable bonds is 5. The van der Waals surface area contributed by atoms with Gasteiger partial charge in [-0.2, -0.15) is 5.10 Å². The van der Waals surface area contributed by atoms with Crippen LogP contribution >= 0.6 is 11.6 Å². The van der Waals surface area contributed by atoms with Gasteiger partial charge >= 0.3 is 0 Å². The van der Waals surface area contributed by atoms with E-state index in [1.54, 1.807) is 4.68 Å². The summed E-state index contributed by atoms with van der Waals surface area (Å²) in [6.07, 6.45) is 4.59. The van der Waals surface area contributed by atoms with Crippen molar-refractivity contribution in [3.05, 3.63) is 60.2 Å². The molecule has 2 heterocycles. The smallest absolute Gasteiger partial charge is 0.0867 e. The Morgan fingerprint density at radius 1 is 1.05 bits per heavy atom. The van der Waals surface area contributed by atoms with Gasteiger partial charge in [0.1, 0.15) is 0 Å². The Hall–Kier alpha value is -2.14. The van der Waals surface area contributed by atoms with E-state index < -0.39 is 0 Å². The largest absolute Gasteiger partial charge is 0.246 e. The van der Waals surface area contributed by atoms with Crippen molar-refractivity contribution in [2.75, 3.05) is 5.88 Å². The average Bonchev–Trinajstić information content (AvgIpc) is 3.11. The quantitative estimate of drug-likeness (QED) is 0.677. The Morgan fingerprint density at radius 2 is 1.90 bits per heavy atom. The van der Waals surface area contributed by atoms with Crippen molar-refractivity contribution in [1.29, 1.82) is 0 Å². The highest BCUT2D eigenvalue weighted by Crippen LogP contribution is 2.08. The van der Waals surface area contributed by atoms with Gasteiger partial charge in [0.25, 0.3) is 0 Å². The van der Waals surface area contributed by atoms with Crippen LogP contribution in [0.2, 0.25) is 0 Å². The monoisotopic (exact) mass is 287 g/mol. The number of para-hydroxylation sites is 1. The van der Waals surface area contributed by atoms with Crippen LogP contribution in [0.15, 0.2) is 48.8 Å². The third-order valence-electron chi connectivity index (χ3n) is 2.93. The molecular weight excluding hydrogens is 274 g/mol. The van der Waals surface area contributed by atoms with Gasteiger partial charge in [-0.05, 0) is 18.2 Å². The molecule has 102 valence electrons. The second kappa shape index (κ2) is 5.88. The predicted molar refractivity (Wildman–Crippen MR) is 77.1 cm³/mol. The van der Waals surface area contributed by atoms with Crippen molar-refractivity contribution in [3.8, 4) is 5.69 Å². The highest BCUT2D eigenvalue weighted by atomic mass is 35.5. The fourth-order valence-electron chi connectivity index (χ4n) is 1.96. The summed E-state index contributed by atoms with van der Waals surface area (Å²) in [6, 6.07) is 12.0. The molecule has 6 heteroatoms. The molecule has 3 rings (SSSR count). The number of hydrogen-bond acceptors (Lipinski definition) is 3. The molecule has 0 N–H and O–H groups in total. The zero-order chi connectivity index (χ0) is 13.8. The molecule has 0 saturated carbocycles. The lowest BCUT2D eigenvalue weighted by atomic mass is 10.3. The standard InChI is InChI=1S/C14H14ClN5/c15-8-6-12-10-19(18-16-12)11-13-7-9-20(17-13)14-4-2-1-3-5-14/h1-5,7,9-10H,6,8,11H2. The molecule has 0 aliphatic rings. The Kier molecular flexibility index (Phi) is 3.78. The molecule has 20 heavy (non-hydrogen) atoms. The third kappa shape index (κ3) is 2.88. The number of aromatic nitrogens is 5. The predicted octanol–water partition coefficient (Wildman–Crippen LogP) is 2.29. The number of alkyl halides is 1. The molecular formula is C14H14ClN5. The van der Waals surface area contributed by atoms with Gasteiger partial charge in [-0.25, -0.2) is 9.36 Å². The lowest BCUT2D eigenvalue weighted by Crippen LogP contribution is -2.02. The lowest BCUT2D eigenvalue weighted by molar-refractivity contribution is 0.631. The molecule has 3 aromatic rings. The minimum atomic E-state index is 0.557. The van der Waals surface area contributed by atoms with E-state index >= 15 is 0 Å². The average molecular weight is 288 g/mol. The lowest BCUT2D eigenvalue weighted by Gasteiger charge is -2.00. The van der Waals surface area contributed by atoms with E-state index in [4.69, 9.17) is 11.6 Å². The van der Waals surface area contributed by atoms with Gasteiger partial charge in [0.2, 0.25) is 0 Å². The maximum Gasteiger partial charge on any atom is 0.0867 e. The zero-order valence-corrected chi connectivity index (χ0v) is 11.6. The number of benzene rings is 1. The molecule has 0 atom stereocenters. The van der Waals surface area contributed by atoms with E-state index in [-0.39, 0.29) is 0 Å². The minimum Gasteiger partial charge on any atom is -0.246 e. The molecule has 0 aliphatic heterocycles. The Bertz CT molecular complexity index is 674. The van der Waals surface area contributed by atoms with Gasteiger partial charge in [0.05, 0.1) is 23.6 Å². The third-order valence-corrected chi connectivity index (χ3v) is 3.11. The molecule has 1 aromatic carbocycles. The van der Waals surface area contributed by atoms with Crippen LogP contribution in [0.4, 0.5) is 0 Å². The van der Waals surface area contributed by atoms with Gasteiger partial charge in [-0.1, -0.05) is 23.4 Å². The Morgan fingerprint density at radius 3 is 2.70 bits per heavy atom. The Labute approximate surface area is 121 Å². The van der Waals surface area contributed by atoms with Crippen LogP contribution in [0.5, 0.6) is 0 Å². The zero-order valence-electron chi connectivity index (χ0n) is 10.9. The van der Waals surface area contributed by atoms with Gasteiger partial charge in [-0.3, -0.25) is 0 Å². The molecule has 0 unspecified atom stereocenters. The van der Waals surface area contributed by atoms with Crippen LogP contribution < -0.4 is 0 Å². The van der Waals surface area contributed by atoms with E-state index in [9.17, 15) is 0 Å².